The fraction of sp³-hybridized carbons (Fsp3) is 0.900. The van der Waals surface area contributed by atoms with Crippen LogP contribution in [0.3, 0.4) is 0 Å². The van der Waals surface area contributed by atoms with Crippen molar-refractivity contribution in [3.8, 4) is 0 Å². The van der Waals surface area contributed by atoms with Crippen molar-refractivity contribution in [2.75, 3.05) is 31.4 Å². The molecular weight excluding hydrogens is 294 g/mol. The summed E-state index contributed by atoms with van der Waals surface area (Å²) < 4.78 is 52.0. The van der Waals surface area contributed by atoms with E-state index in [0.717, 1.165) is 17.0 Å². The van der Waals surface area contributed by atoms with Gasteiger partial charge in [-0.2, -0.15) is 4.31 Å². The summed E-state index contributed by atoms with van der Waals surface area (Å²) in [6.07, 6.45) is 2.80. The maximum Gasteiger partial charge on any atom is 0.324 e. The standard InChI is InChI=1S/C10H19NO6S2/c1-17-10(12)9-5-3-4-6-11(9)19(15,16)8-7-18(2,13)14/h9H,3-8H2,1-2H3. The maximum absolute atomic E-state index is 12.1. The van der Waals surface area contributed by atoms with Crippen LogP contribution in [0.25, 0.3) is 0 Å². The summed E-state index contributed by atoms with van der Waals surface area (Å²) >= 11 is 0. The van der Waals surface area contributed by atoms with Crippen LogP contribution >= 0.6 is 0 Å². The molecule has 0 N–H and O–H groups in total. The molecule has 1 aliphatic heterocycles. The molecule has 0 aromatic carbocycles. The number of carbonyl (C=O) groups is 1. The van der Waals surface area contributed by atoms with Crippen molar-refractivity contribution in [1.29, 1.82) is 0 Å². The quantitative estimate of drug-likeness (QED) is 0.628. The van der Waals surface area contributed by atoms with Crippen molar-refractivity contribution >= 4 is 25.8 Å². The summed E-state index contributed by atoms with van der Waals surface area (Å²) in [4.78, 5) is 11.6. The minimum atomic E-state index is -3.77. The van der Waals surface area contributed by atoms with Gasteiger partial charge in [-0.1, -0.05) is 0 Å². The molecule has 7 nitrogen and oxygen atoms in total. The summed E-state index contributed by atoms with van der Waals surface area (Å²) in [7, 11) is -5.92. The third-order valence-electron chi connectivity index (χ3n) is 3.00. The number of methoxy groups -OCH3 is 1. The number of sulfonamides is 1. The molecule has 112 valence electrons. The predicted octanol–water partition coefficient (Wildman–Crippen LogP) is -0.612. The minimum absolute atomic E-state index is 0.228. The molecule has 0 spiro atoms. The van der Waals surface area contributed by atoms with Crippen molar-refractivity contribution in [3.05, 3.63) is 0 Å². The van der Waals surface area contributed by atoms with Gasteiger partial charge in [-0.25, -0.2) is 16.8 Å². The second kappa shape index (κ2) is 6.19. The third-order valence-corrected chi connectivity index (χ3v) is 6.07. The first-order chi connectivity index (χ1) is 8.67. The Hall–Kier alpha value is -0.670. The van der Waals surface area contributed by atoms with Crippen LogP contribution in [0.4, 0.5) is 0 Å². The predicted molar refractivity (Wildman–Crippen MR) is 69.9 cm³/mol. The average molecular weight is 313 g/mol. The first-order valence-electron chi connectivity index (χ1n) is 5.92. The average Bonchev–Trinajstić information content (AvgIpc) is 2.35. The van der Waals surface area contributed by atoms with E-state index in [1.165, 1.54) is 7.11 Å². The van der Waals surface area contributed by atoms with E-state index in [9.17, 15) is 21.6 Å². The monoisotopic (exact) mass is 313 g/mol. The summed E-state index contributed by atoms with van der Waals surface area (Å²) in [6.45, 7) is 0.228. The molecule has 1 saturated heterocycles. The summed E-state index contributed by atoms with van der Waals surface area (Å²) in [5, 5.41) is 0. The zero-order chi connectivity index (χ0) is 14.7. The van der Waals surface area contributed by atoms with Gasteiger partial charge in [0.1, 0.15) is 15.9 Å². The van der Waals surface area contributed by atoms with E-state index in [1.54, 1.807) is 0 Å². The number of hydrogen-bond acceptors (Lipinski definition) is 6. The van der Waals surface area contributed by atoms with E-state index in [1.807, 2.05) is 0 Å². The molecule has 1 atom stereocenters. The summed E-state index contributed by atoms with van der Waals surface area (Å²) in [5.41, 5.74) is 0. The third kappa shape index (κ3) is 4.73. The molecule has 0 aromatic heterocycles. The topological polar surface area (TPSA) is 97.8 Å². The lowest BCUT2D eigenvalue weighted by Gasteiger charge is -2.32. The Labute approximate surface area is 113 Å². The number of sulfone groups is 1. The summed E-state index contributed by atoms with van der Waals surface area (Å²) in [5.74, 6) is -1.54. The highest BCUT2D eigenvalue weighted by molar-refractivity contribution is 7.93. The van der Waals surface area contributed by atoms with Crippen LogP contribution in [0.15, 0.2) is 0 Å². The number of nitrogens with zero attached hydrogens (tertiary/aromatic N) is 1. The Morgan fingerprint density at radius 3 is 2.37 bits per heavy atom. The highest BCUT2D eigenvalue weighted by atomic mass is 32.2. The van der Waals surface area contributed by atoms with Gasteiger partial charge in [-0.3, -0.25) is 4.79 Å². The van der Waals surface area contributed by atoms with E-state index in [4.69, 9.17) is 0 Å². The Morgan fingerprint density at radius 2 is 1.84 bits per heavy atom. The molecule has 1 heterocycles. The van der Waals surface area contributed by atoms with Crippen molar-refractivity contribution in [1.82, 2.24) is 4.31 Å². The molecular formula is C10H19NO6S2. The van der Waals surface area contributed by atoms with Crippen LogP contribution in [0.1, 0.15) is 19.3 Å². The van der Waals surface area contributed by atoms with Gasteiger partial charge in [0, 0.05) is 12.8 Å². The zero-order valence-corrected chi connectivity index (χ0v) is 12.7. The first-order valence-corrected chi connectivity index (χ1v) is 9.59. The van der Waals surface area contributed by atoms with Crippen molar-refractivity contribution in [3.63, 3.8) is 0 Å². The number of piperidine rings is 1. The molecule has 0 aromatic rings. The smallest absolute Gasteiger partial charge is 0.324 e. The minimum Gasteiger partial charge on any atom is -0.468 e. The van der Waals surface area contributed by atoms with E-state index < -0.39 is 43.4 Å². The molecule has 1 fully saturated rings. The van der Waals surface area contributed by atoms with Crippen LogP contribution in [0, 0.1) is 0 Å². The number of carbonyl (C=O) groups excluding carboxylic acids is 1. The molecule has 0 aliphatic carbocycles. The molecule has 1 rings (SSSR count). The van der Waals surface area contributed by atoms with Gasteiger partial charge in [-0.15, -0.1) is 0 Å². The van der Waals surface area contributed by atoms with Crippen LogP contribution in [-0.2, 0) is 29.4 Å². The molecule has 0 saturated carbocycles. The van der Waals surface area contributed by atoms with Gasteiger partial charge in [0.05, 0.1) is 18.6 Å². The Balaban J connectivity index is 2.87. The molecule has 9 heteroatoms. The highest BCUT2D eigenvalue weighted by Crippen LogP contribution is 2.21. The second-order valence-corrected chi connectivity index (χ2v) is 8.89. The molecule has 0 amide bonds. The largest absolute Gasteiger partial charge is 0.468 e. The molecule has 1 unspecified atom stereocenters. The van der Waals surface area contributed by atoms with Crippen LogP contribution in [-0.4, -0.2) is 64.6 Å². The molecule has 1 aliphatic rings. The highest BCUT2D eigenvalue weighted by Gasteiger charge is 2.37. The normalized spacial score (nSPS) is 22.1. The fourth-order valence-corrected chi connectivity index (χ4v) is 5.26. The lowest BCUT2D eigenvalue weighted by Crippen LogP contribution is -2.49. The number of esters is 1. The van der Waals surface area contributed by atoms with Crippen LogP contribution in [0.2, 0.25) is 0 Å². The van der Waals surface area contributed by atoms with Gasteiger partial charge in [0.25, 0.3) is 0 Å². The van der Waals surface area contributed by atoms with Gasteiger partial charge >= 0.3 is 5.97 Å². The van der Waals surface area contributed by atoms with Crippen molar-refractivity contribution in [2.24, 2.45) is 0 Å². The van der Waals surface area contributed by atoms with Gasteiger partial charge in [0.15, 0.2) is 0 Å². The Morgan fingerprint density at radius 1 is 1.21 bits per heavy atom. The SMILES string of the molecule is COC(=O)C1CCCCN1S(=O)(=O)CCS(C)(=O)=O. The molecule has 0 bridgehead atoms. The van der Waals surface area contributed by atoms with Crippen molar-refractivity contribution < 1.29 is 26.4 Å². The maximum atomic E-state index is 12.1. The molecule has 0 radical (unpaired) electrons. The van der Waals surface area contributed by atoms with Crippen LogP contribution < -0.4 is 0 Å². The Bertz CT molecular complexity index is 524. The zero-order valence-electron chi connectivity index (χ0n) is 11.0. The Kier molecular flexibility index (Phi) is 5.34. The van der Waals surface area contributed by atoms with E-state index >= 15 is 0 Å². The van der Waals surface area contributed by atoms with Gasteiger partial charge in [-0.05, 0) is 19.3 Å². The number of rotatable bonds is 5. The summed E-state index contributed by atoms with van der Waals surface area (Å²) in [6, 6.07) is -0.830. The lowest BCUT2D eigenvalue weighted by molar-refractivity contribution is -0.146. The fourth-order valence-electron chi connectivity index (χ4n) is 1.98. The number of hydrogen-bond donors (Lipinski definition) is 0. The van der Waals surface area contributed by atoms with Gasteiger partial charge in [0.2, 0.25) is 10.0 Å². The van der Waals surface area contributed by atoms with E-state index in [-0.39, 0.29) is 6.54 Å². The van der Waals surface area contributed by atoms with Crippen molar-refractivity contribution in [2.45, 2.75) is 25.3 Å². The molecule has 19 heavy (non-hydrogen) atoms. The van der Waals surface area contributed by atoms with E-state index in [0.29, 0.717) is 12.8 Å². The second-order valence-electron chi connectivity index (χ2n) is 4.59. The lowest BCUT2D eigenvalue weighted by atomic mass is 10.1. The number of ether oxygens (including phenoxy) is 1. The first kappa shape index (κ1) is 16.4. The van der Waals surface area contributed by atoms with Gasteiger partial charge < -0.3 is 4.74 Å². The van der Waals surface area contributed by atoms with E-state index in [2.05, 4.69) is 4.74 Å². The van der Waals surface area contributed by atoms with Crippen LogP contribution in [0.5, 0.6) is 0 Å².